The van der Waals surface area contributed by atoms with Crippen molar-refractivity contribution in [3.63, 3.8) is 0 Å². The molecule has 0 aliphatic carbocycles. The molecular weight excluding hydrogens is 479 g/mol. The lowest BCUT2D eigenvalue weighted by molar-refractivity contribution is -0.577. The summed E-state index contributed by atoms with van der Waals surface area (Å²) < 4.78 is 7.83. The predicted octanol–water partition coefficient (Wildman–Crippen LogP) is 2.79. The molecule has 0 bridgehead atoms. The first-order valence-electron chi connectivity index (χ1n) is 10.6. The molecule has 0 N–H and O–H groups in total. The van der Waals surface area contributed by atoms with Crippen molar-refractivity contribution in [2.75, 3.05) is 20.3 Å². The fourth-order valence-corrected chi connectivity index (χ4v) is 4.17. The van der Waals surface area contributed by atoms with Gasteiger partial charge in [0.15, 0.2) is 12.4 Å². The minimum Gasteiger partial charge on any atom is -0.858 e. The van der Waals surface area contributed by atoms with Crippen LogP contribution >= 0.6 is 23.2 Å². The molecule has 1 aromatic carbocycles. The van der Waals surface area contributed by atoms with Gasteiger partial charge in [0.1, 0.15) is 5.57 Å². The molecule has 176 valence electrons. The minimum absolute atomic E-state index is 0.0184. The average molecular weight is 501 g/mol. The van der Waals surface area contributed by atoms with Gasteiger partial charge in [0.25, 0.3) is 11.6 Å². The third-order valence-electron chi connectivity index (χ3n) is 5.52. The van der Waals surface area contributed by atoms with Gasteiger partial charge in [-0.15, -0.1) is 0 Å². The number of halogens is 2. The molecule has 0 atom stereocenters. The van der Waals surface area contributed by atoms with Gasteiger partial charge in [0, 0.05) is 24.3 Å². The van der Waals surface area contributed by atoms with E-state index in [9.17, 15) is 14.7 Å². The first-order chi connectivity index (χ1) is 16.3. The van der Waals surface area contributed by atoms with Gasteiger partial charge in [0.05, 0.1) is 34.6 Å². The van der Waals surface area contributed by atoms with E-state index in [4.69, 9.17) is 27.9 Å². The number of pyridine rings is 1. The van der Waals surface area contributed by atoms with E-state index >= 15 is 0 Å². The topological polar surface area (TPSA) is 91.4 Å². The third-order valence-corrected chi connectivity index (χ3v) is 6.26. The number of imide groups is 1. The second kappa shape index (κ2) is 9.58. The average Bonchev–Trinajstić information content (AvgIpc) is 3.26. The quantitative estimate of drug-likeness (QED) is 0.367. The monoisotopic (exact) mass is 500 g/mol. The molecule has 34 heavy (non-hydrogen) atoms. The van der Waals surface area contributed by atoms with Crippen LogP contribution in [0.1, 0.15) is 23.7 Å². The summed E-state index contributed by atoms with van der Waals surface area (Å²) in [4.78, 5) is 28.0. The maximum Gasteiger partial charge on any atom is 0.326 e. The van der Waals surface area contributed by atoms with E-state index in [-0.39, 0.29) is 35.0 Å². The van der Waals surface area contributed by atoms with Crippen LogP contribution in [0.4, 0.5) is 0 Å². The fraction of sp³-hybridized carbons (Fsp3) is 0.250. The minimum atomic E-state index is -0.563. The molecule has 0 saturated carbocycles. The fourth-order valence-electron chi connectivity index (χ4n) is 3.88. The van der Waals surface area contributed by atoms with Crippen LogP contribution in [0.15, 0.2) is 42.7 Å². The van der Waals surface area contributed by atoms with E-state index in [1.165, 1.54) is 17.9 Å². The van der Waals surface area contributed by atoms with E-state index in [2.05, 4.69) is 5.10 Å². The Kier molecular flexibility index (Phi) is 6.74. The number of aromatic nitrogens is 3. The number of carbonyl (C=O) groups is 2. The summed E-state index contributed by atoms with van der Waals surface area (Å²) in [6.07, 6.45) is 3.78. The van der Waals surface area contributed by atoms with Crippen LogP contribution in [0.5, 0.6) is 5.88 Å². The van der Waals surface area contributed by atoms with Crippen LogP contribution in [-0.4, -0.2) is 46.8 Å². The van der Waals surface area contributed by atoms with Crippen LogP contribution in [0.3, 0.4) is 0 Å². The first-order valence-corrected chi connectivity index (χ1v) is 11.4. The Bertz CT molecular complexity index is 1330. The number of aryl methyl sites for hydroxylation is 2. The van der Waals surface area contributed by atoms with Gasteiger partial charge in [0.2, 0.25) is 0 Å². The number of rotatable bonds is 7. The number of hydrogen-bond donors (Lipinski definition) is 0. The van der Waals surface area contributed by atoms with Crippen LogP contribution in [0.25, 0.3) is 17.0 Å². The number of nitrogens with zero attached hydrogens (tertiary/aromatic N) is 4. The second-order valence-corrected chi connectivity index (χ2v) is 8.57. The molecule has 0 radical (unpaired) electrons. The van der Waals surface area contributed by atoms with Crippen molar-refractivity contribution in [1.82, 2.24) is 14.7 Å². The van der Waals surface area contributed by atoms with Crippen LogP contribution in [0, 0.1) is 6.92 Å². The number of amides is 2. The highest BCUT2D eigenvalue weighted by molar-refractivity contribution is 6.45. The van der Waals surface area contributed by atoms with Gasteiger partial charge in [-0.25, -0.2) is 4.68 Å². The van der Waals surface area contributed by atoms with E-state index < -0.39 is 17.7 Å². The van der Waals surface area contributed by atoms with Crippen molar-refractivity contribution in [1.29, 1.82) is 0 Å². The lowest BCUT2D eigenvalue weighted by atomic mass is 10.0. The molecule has 3 heterocycles. The molecule has 4 rings (SSSR count). The molecule has 8 nitrogen and oxygen atoms in total. The van der Waals surface area contributed by atoms with Crippen LogP contribution in [0.2, 0.25) is 10.0 Å². The van der Waals surface area contributed by atoms with Gasteiger partial charge in [-0.3, -0.25) is 14.5 Å². The summed E-state index contributed by atoms with van der Waals surface area (Å²) in [6, 6.07) is 8.35. The molecule has 0 fully saturated rings. The molecule has 1 aliphatic rings. The summed E-state index contributed by atoms with van der Waals surface area (Å²) in [6.45, 7) is 3.93. The van der Waals surface area contributed by atoms with E-state index in [0.717, 1.165) is 10.5 Å². The molecule has 0 unspecified atom stereocenters. The predicted molar refractivity (Wildman–Crippen MR) is 125 cm³/mol. The Balaban J connectivity index is 1.97. The second-order valence-electron chi connectivity index (χ2n) is 7.76. The van der Waals surface area contributed by atoms with E-state index in [1.807, 2.05) is 19.9 Å². The molecule has 2 aromatic heterocycles. The van der Waals surface area contributed by atoms with E-state index in [1.54, 1.807) is 35.2 Å². The molecule has 0 spiro atoms. The zero-order chi connectivity index (χ0) is 24.6. The molecule has 0 saturated heterocycles. The zero-order valence-corrected chi connectivity index (χ0v) is 20.4. The van der Waals surface area contributed by atoms with E-state index in [0.29, 0.717) is 22.8 Å². The molecule has 2 amide bonds. The van der Waals surface area contributed by atoms with Crippen molar-refractivity contribution < 1.29 is 24.0 Å². The molecular formula is C24H22Cl2N4O4. The van der Waals surface area contributed by atoms with Crippen molar-refractivity contribution in [2.24, 2.45) is 0 Å². The summed E-state index contributed by atoms with van der Waals surface area (Å²) in [7, 11) is 1.49. The molecule has 1 aliphatic heterocycles. The number of methoxy groups -OCH3 is 1. The maximum atomic E-state index is 13.6. The lowest BCUT2D eigenvalue weighted by Crippen LogP contribution is -2.40. The number of hydrogen-bond acceptors (Lipinski definition) is 5. The standard InChI is InChI=1S/C24H22Cl2N4O4/c1-4-18-19(23(32)30(27-18)15-7-8-16(25)17(26)12-15)20-21(28-9-5-6-14(2)13-28)24(33)29(22(20)31)10-11-34-3/h5-9,12-13H,4,10-11H2,1-3H3. The molecule has 3 aromatic rings. The number of benzene rings is 1. The maximum absolute atomic E-state index is 13.6. The third kappa shape index (κ3) is 4.09. The Labute approximate surface area is 206 Å². The summed E-state index contributed by atoms with van der Waals surface area (Å²) in [5.41, 5.74) is 1.89. The Morgan fingerprint density at radius 2 is 1.91 bits per heavy atom. The van der Waals surface area contributed by atoms with Crippen molar-refractivity contribution in [2.45, 2.75) is 20.3 Å². The number of ether oxygens (including phenoxy) is 1. The highest BCUT2D eigenvalue weighted by atomic mass is 35.5. The van der Waals surface area contributed by atoms with Crippen molar-refractivity contribution >= 4 is 46.3 Å². The van der Waals surface area contributed by atoms with Crippen molar-refractivity contribution in [3.8, 4) is 11.6 Å². The van der Waals surface area contributed by atoms with Gasteiger partial charge in [-0.05, 0) is 43.5 Å². The smallest absolute Gasteiger partial charge is 0.326 e. The lowest BCUT2D eigenvalue weighted by Gasteiger charge is -2.15. The zero-order valence-electron chi connectivity index (χ0n) is 18.8. The highest BCUT2D eigenvalue weighted by Gasteiger charge is 2.46. The summed E-state index contributed by atoms with van der Waals surface area (Å²) in [5, 5.41) is 18.7. The summed E-state index contributed by atoms with van der Waals surface area (Å²) in [5.74, 6) is -1.59. The summed E-state index contributed by atoms with van der Waals surface area (Å²) >= 11 is 12.2. The van der Waals surface area contributed by atoms with Gasteiger partial charge in [-0.1, -0.05) is 30.1 Å². The SMILES string of the molecule is CCc1nn(-c2ccc(Cl)c(Cl)c2)c([O-])c1C1=C([n+]2cccc(C)c2)C(=O)N(CCOC)C1=O. The van der Waals surface area contributed by atoms with Gasteiger partial charge in [-0.2, -0.15) is 9.67 Å². The van der Waals surface area contributed by atoms with Gasteiger partial charge < -0.3 is 9.84 Å². The highest BCUT2D eigenvalue weighted by Crippen LogP contribution is 2.37. The largest absolute Gasteiger partial charge is 0.858 e. The Morgan fingerprint density at radius 1 is 1.15 bits per heavy atom. The normalized spacial score (nSPS) is 14.0. The number of carbonyl (C=O) groups excluding carboxylic acids is 2. The Morgan fingerprint density at radius 3 is 2.56 bits per heavy atom. The molecule has 10 heteroatoms. The van der Waals surface area contributed by atoms with Crippen LogP contribution in [-0.2, 0) is 20.7 Å². The first kappa shape index (κ1) is 23.9. The Hall–Kier alpha value is -3.20. The van der Waals surface area contributed by atoms with Crippen molar-refractivity contribution in [3.05, 3.63) is 69.6 Å². The van der Waals surface area contributed by atoms with Gasteiger partial charge >= 0.3 is 5.91 Å². The van der Waals surface area contributed by atoms with Crippen LogP contribution < -0.4 is 9.67 Å².